The minimum atomic E-state index is -4.09. The van der Waals surface area contributed by atoms with Gasteiger partial charge in [0.05, 0.1) is 18.3 Å². The van der Waals surface area contributed by atoms with Gasteiger partial charge in [-0.05, 0) is 30.2 Å². The van der Waals surface area contributed by atoms with Crippen molar-refractivity contribution in [1.82, 2.24) is 10.2 Å². The Balaban J connectivity index is 2.54. The summed E-state index contributed by atoms with van der Waals surface area (Å²) in [7, 11) is -1.38. The maximum absolute atomic E-state index is 13.5. The highest BCUT2D eigenvalue weighted by Gasteiger charge is 2.32. The molecule has 190 valence electrons. The smallest absolute Gasteiger partial charge is 0.271 e. The predicted molar refractivity (Wildman–Crippen MR) is 132 cm³/mol. The molecule has 0 unspecified atom stereocenters. The van der Waals surface area contributed by atoms with E-state index in [2.05, 4.69) is 5.32 Å². The molecule has 2 aromatic carbocycles. The number of nitro benzene ring substituents is 1. The Bertz CT molecular complexity index is 1190. The van der Waals surface area contributed by atoms with Crippen LogP contribution < -0.4 is 14.4 Å². The molecule has 1 N–H and O–H groups in total. The fraction of sp³-hybridized carbons (Fsp3) is 0.364. The maximum Gasteiger partial charge on any atom is 0.271 e. The molecule has 35 heavy (non-hydrogen) atoms. The first kappa shape index (κ1) is 27.9. The number of anilines is 1. The van der Waals surface area contributed by atoms with Gasteiger partial charge in [-0.1, -0.05) is 30.7 Å². The van der Waals surface area contributed by atoms with Crippen LogP contribution in [-0.2, 0) is 26.2 Å². The largest absolute Gasteiger partial charge is 0.495 e. The summed E-state index contributed by atoms with van der Waals surface area (Å²) in [6, 6.07) is 9.20. The molecule has 0 heterocycles. The van der Waals surface area contributed by atoms with Crippen molar-refractivity contribution < 1.29 is 27.7 Å². The Kier molecular flexibility index (Phi) is 9.43. The van der Waals surface area contributed by atoms with E-state index in [1.807, 2.05) is 0 Å². The number of amides is 2. The highest BCUT2D eigenvalue weighted by Crippen LogP contribution is 2.34. The van der Waals surface area contributed by atoms with Crippen LogP contribution in [0.15, 0.2) is 42.5 Å². The molecule has 0 aromatic heterocycles. The number of halogens is 1. The van der Waals surface area contributed by atoms with Crippen molar-refractivity contribution in [2.45, 2.75) is 25.9 Å². The van der Waals surface area contributed by atoms with Gasteiger partial charge in [-0.3, -0.25) is 24.0 Å². The average molecular weight is 527 g/mol. The quantitative estimate of drug-likeness (QED) is 0.350. The van der Waals surface area contributed by atoms with E-state index in [0.717, 1.165) is 22.7 Å². The summed E-state index contributed by atoms with van der Waals surface area (Å²) < 4.78 is 31.3. The number of ether oxygens (including phenoxy) is 1. The van der Waals surface area contributed by atoms with Crippen LogP contribution in [0.1, 0.15) is 18.9 Å². The molecule has 0 fully saturated rings. The highest BCUT2D eigenvalue weighted by molar-refractivity contribution is 7.92. The molecule has 0 radical (unpaired) electrons. The number of methoxy groups -OCH3 is 1. The van der Waals surface area contributed by atoms with Gasteiger partial charge in [0, 0.05) is 30.7 Å². The molecule has 0 saturated heterocycles. The molecule has 0 aliphatic heterocycles. The lowest BCUT2D eigenvalue weighted by atomic mass is 10.1. The molecule has 0 bridgehead atoms. The van der Waals surface area contributed by atoms with E-state index in [1.165, 1.54) is 25.1 Å². The van der Waals surface area contributed by atoms with E-state index >= 15 is 0 Å². The van der Waals surface area contributed by atoms with E-state index in [9.17, 15) is 28.1 Å². The van der Waals surface area contributed by atoms with Crippen LogP contribution in [-0.4, -0.2) is 63.1 Å². The number of nitrogens with one attached hydrogen (secondary N) is 1. The molecule has 1 atom stereocenters. The normalized spacial score (nSPS) is 11.9. The number of carbonyl (C=O) groups is 2. The molecule has 0 saturated carbocycles. The number of carbonyl (C=O) groups excluding carboxylic acids is 2. The second-order valence-corrected chi connectivity index (χ2v) is 9.91. The van der Waals surface area contributed by atoms with Gasteiger partial charge in [0.1, 0.15) is 24.0 Å². The average Bonchev–Trinajstić information content (AvgIpc) is 2.82. The van der Waals surface area contributed by atoms with E-state index in [4.69, 9.17) is 16.3 Å². The molecular weight excluding hydrogens is 500 g/mol. The Morgan fingerprint density at radius 3 is 2.31 bits per heavy atom. The lowest BCUT2D eigenvalue weighted by Gasteiger charge is -2.32. The lowest BCUT2D eigenvalue weighted by Crippen LogP contribution is -2.51. The predicted octanol–water partition coefficient (Wildman–Crippen LogP) is 2.58. The van der Waals surface area contributed by atoms with Crippen LogP contribution >= 0.6 is 11.6 Å². The molecule has 13 heteroatoms. The monoisotopic (exact) mass is 526 g/mol. The summed E-state index contributed by atoms with van der Waals surface area (Å²) in [6.45, 7) is 1.02. The van der Waals surface area contributed by atoms with Gasteiger partial charge in [0.15, 0.2) is 0 Å². The zero-order valence-electron chi connectivity index (χ0n) is 19.7. The fourth-order valence-electron chi connectivity index (χ4n) is 3.45. The molecule has 2 aromatic rings. The zero-order chi connectivity index (χ0) is 26.3. The fourth-order valence-corrected chi connectivity index (χ4v) is 4.43. The van der Waals surface area contributed by atoms with Gasteiger partial charge in [0.25, 0.3) is 5.69 Å². The number of benzene rings is 2. The third-order valence-electron chi connectivity index (χ3n) is 5.22. The van der Waals surface area contributed by atoms with E-state index < -0.39 is 39.3 Å². The summed E-state index contributed by atoms with van der Waals surface area (Å²) in [6.07, 6.45) is 1.14. The number of non-ortho nitro benzene ring substituents is 1. The Labute approximate surface area is 208 Å². The van der Waals surface area contributed by atoms with E-state index in [0.29, 0.717) is 10.6 Å². The maximum atomic E-state index is 13.5. The Morgan fingerprint density at radius 1 is 1.20 bits per heavy atom. The summed E-state index contributed by atoms with van der Waals surface area (Å²) in [5.41, 5.74) is 0.123. The summed E-state index contributed by atoms with van der Waals surface area (Å²) in [5.74, 6) is -1.08. The van der Waals surface area contributed by atoms with Crippen molar-refractivity contribution in [2.24, 2.45) is 0 Å². The molecule has 0 aliphatic carbocycles. The summed E-state index contributed by atoms with van der Waals surface area (Å²) >= 11 is 5.95. The van der Waals surface area contributed by atoms with Gasteiger partial charge in [-0.2, -0.15) is 0 Å². The first-order valence-corrected chi connectivity index (χ1v) is 12.7. The number of rotatable bonds is 11. The number of sulfonamides is 1. The van der Waals surface area contributed by atoms with Crippen molar-refractivity contribution in [1.29, 1.82) is 0 Å². The minimum absolute atomic E-state index is 0.00556. The Hall–Kier alpha value is -3.38. The molecule has 0 spiro atoms. The third kappa shape index (κ3) is 7.06. The van der Waals surface area contributed by atoms with Crippen LogP contribution in [0, 0.1) is 10.1 Å². The van der Waals surface area contributed by atoms with Gasteiger partial charge >= 0.3 is 0 Å². The second-order valence-electron chi connectivity index (χ2n) is 7.57. The molecular formula is C22H27ClN4O7S. The van der Waals surface area contributed by atoms with Crippen LogP contribution in [0.25, 0.3) is 0 Å². The SMILES string of the molecule is CC[C@H](C(=O)NC)N(Cc1ccc(Cl)cc1)C(=O)CN(c1cc([N+](=O)[O-])ccc1OC)S(C)(=O)=O. The summed E-state index contributed by atoms with van der Waals surface area (Å²) in [4.78, 5) is 37.9. The van der Waals surface area contributed by atoms with Gasteiger partial charge in [-0.15, -0.1) is 0 Å². The van der Waals surface area contributed by atoms with Gasteiger partial charge in [0.2, 0.25) is 21.8 Å². The number of nitro groups is 1. The standard InChI is InChI=1S/C22H27ClN4O7S/c1-5-18(22(29)24-2)25(13-15-6-8-16(23)9-7-15)21(28)14-26(35(4,32)33)19-12-17(27(30)31)10-11-20(19)34-3/h6-12,18H,5,13-14H2,1-4H3,(H,24,29)/t18-/m1/s1. The van der Waals surface area contributed by atoms with E-state index in [-0.39, 0.29) is 30.1 Å². The van der Waals surface area contributed by atoms with Crippen molar-refractivity contribution in [3.63, 3.8) is 0 Å². The van der Waals surface area contributed by atoms with E-state index in [1.54, 1.807) is 31.2 Å². The minimum Gasteiger partial charge on any atom is -0.495 e. The Morgan fingerprint density at radius 2 is 1.83 bits per heavy atom. The molecule has 2 rings (SSSR count). The first-order chi connectivity index (χ1) is 16.4. The number of nitrogens with zero attached hydrogens (tertiary/aromatic N) is 3. The zero-order valence-corrected chi connectivity index (χ0v) is 21.3. The lowest BCUT2D eigenvalue weighted by molar-refractivity contribution is -0.384. The molecule has 0 aliphatic rings. The molecule has 2 amide bonds. The van der Waals surface area contributed by atoms with Crippen LogP contribution in [0.5, 0.6) is 5.75 Å². The number of likely N-dealkylation sites (N-methyl/N-ethyl adjacent to an activating group) is 1. The van der Waals surface area contributed by atoms with Crippen LogP contribution in [0.4, 0.5) is 11.4 Å². The van der Waals surface area contributed by atoms with Crippen LogP contribution in [0.2, 0.25) is 5.02 Å². The van der Waals surface area contributed by atoms with Crippen molar-refractivity contribution in [3.8, 4) is 5.75 Å². The van der Waals surface area contributed by atoms with Crippen molar-refractivity contribution in [3.05, 3.63) is 63.2 Å². The second kappa shape index (κ2) is 11.8. The van der Waals surface area contributed by atoms with Gasteiger partial charge < -0.3 is 15.0 Å². The number of hydrogen-bond acceptors (Lipinski definition) is 7. The van der Waals surface area contributed by atoms with Gasteiger partial charge in [-0.25, -0.2) is 8.42 Å². The van der Waals surface area contributed by atoms with Crippen molar-refractivity contribution in [2.75, 3.05) is 31.3 Å². The third-order valence-corrected chi connectivity index (χ3v) is 6.60. The highest BCUT2D eigenvalue weighted by atomic mass is 35.5. The topological polar surface area (TPSA) is 139 Å². The number of hydrogen-bond donors (Lipinski definition) is 1. The first-order valence-electron chi connectivity index (χ1n) is 10.5. The molecule has 11 nitrogen and oxygen atoms in total. The summed E-state index contributed by atoms with van der Waals surface area (Å²) in [5, 5.41) is 14.3. The van der Waals surface area contributed by atoms with Crippen molar-refractivity contribution >= 4 is 44.8 Å². The van der Waals surface area contributed by atoms with Crippen LogP contribution in [0.3, 0.4) is 0 Å².